The summed E-state index contributed by atoms with van der Waals surface area (Å²) in [6.45, 7) is 13.8. The molecule has 0 saturated heterocycles. The average Bonchev–Trinajstić information content (AvgIpc) is 1.40. The Morgan fingerprint density at radius 1 is 0.630 bits per heavy atom. The minimum Gasteiger partial charge on any atom is -0.497 e. The van der Waals surface area contributed by atoms with Crippen LogP contribution in [0, 0.1) is 56.5 Å². The maximum Gasteiger partial charge on any atom is 0.514 e. The van der Waals surface area contributed by atoms with E-state index >= 15 is 0 Å². The van der Waals surface area contributed by atoms with Crippen molar-refractivity contribution in [1.82, 2.24) is 21.3 Å². The van der Waals surface area contributed by atoms with Gasteiger partial charge in [-0.1, -0.05) is 181 Å². The molecule has 5 N–H and O–H groups in total. The number of ether oxygens (including phenoxy) is 4. The van der Waals surface area contributed by atoms with Gasteiger partial charge in [0.15, 0.2) is 0 Å². The van der Waals surface area contributed by atoms with Crippen LogP contribution >= 0.6 is 0 Å². The van der Waals surface area contributed by atoms with E-state index in [2.05, 4.69) is 104 Å². The van der Waals surface area contributed by atoms with Crippen LogP contribution < -0.4 is 36.1 Å². The predicted octanol–water partition coefficient (Wildman–Crippen LogP) is 15.9. The van der Waals surface area contributed by atoms with Crippen molar-refractivity contribution in [3.8, 4) is 11.5 Å². The van der Waals surface area contributed by atoms with Crippen molar-refractivity contribution in [2.75, 3.05) is 32.1 Å². The number of rotatable bonds is 34. The van der Waals surface area contributed by atoms with Gasteiger partial charge in [0, 0.05) is 50.2 Å². The van der Waals surface area contributed by atoms with Crippen LogP contribution in [-0.4, -0.2) is 79.7 Å². The van der Waals surface area contributed by atoms with E-state index in [0.29, 0.717) is 55.6 Å². The third kappa shape index (κ3) is 18.8. The Morgan fingerprint density at radius 3 is 1.96 bits per heavy atom. The number of fused-ring (bicyclic) bond motifs is 5. The summed E-state index contributed by atoms with van der Waals surface area (Å²) in [7, 11) is 1.64. The zero-order chi connectivity index (χ0) is 70.7. The fourth-order valence-corrected chi connectivity index (χ4v) is 17.1. The number of unbranched alkanes of at least 4 members (excludes halogenated alkanes) is 1. The Bertz CT molecular complexity index is 3650. The zero-order valence-electron chi connectivity index (χ0n) is 59.4. The Morgan fingerprint density at radius 2 is 1.29 bits per heavy atom. The van der Waals surface area contributed by atoms with Crippen molar-refractivity contribution in [3.63, 3.8) is 0 Å². The smallest absolute Gasteiger partial charge is 0.497 e. The molecule has 17 nitrogen and oxygen atoms in total. The van der Waals surface area contributed by atoms with Crippen molar-refractivity contribution < 1.29 is 47.8 Å². The molecule has 0 unspecified atom stereocenters. The van der Waals surface area contributed by atoms with Gasteiger partial charge in [-0.25, -0.2) is 4.79 Å². The molecule has 0 spiro atoms. The predicted molar refractivity (Wildman–Crippen MR) is 390 cm³/mol. The highest BCUT2D eigenvalue weighted by molar-refractivity contribution is 5.98. The average molecular weight is 1360 g/mol. The van der Waals surface area contributed by atoms with Gasteiger partial charge in [0.1, 0.15) is 30.2 Å². The number of carbonyl (C=O) groups is 5. The van der Waals surface area contributed by atoms with Crippen molar-refractivity contribution in [1.29, 1.82) is 0 Å². The topological polar surface area (TPSA) is 226 Å². The number of anilines is 1. The van der Waals surface area contributed by atoms with Gasteiger partial charge in [-0.05, 0) is 194 Å². The minimum absolute atomic E-state index is 0.0737. The minimum atomic E-state index is -1.10. The summed E-state index contributed by atoms with van der Waals surface area (Å²) in [5.74, 6) is 3.81. The molecule has 0 aromatic heterocycles. The number of allylic oxidation sites excluding steroid dienone is 1. The number of methoxy groups -OCH3 is 1. The molecule has 0 heterocycles. The van der Waals surface area contributed by atoms with Gasteiger partial charge in [0.25, 0.3) is 5.69 Å². The molecule has 0 aliphatic heterocycles. The van der Waals surface area contributed by atoms with E-state index in [1.165, 1.54) is 82.1 Å². The first-order chi connectivity index (χ1) is 48.3. The molecule has 6 aromatic carbocycles. The molecule has 4 amide bonds. The van der Waals surface area contributed by atoms with Crippen LogP contribution in [0.1, 0.15) is 172 Å². The number of non-ortho nitro benzene ring substituents is 1. The number of benzene rings is 6. The van der Waals surface area contributed by atoms with Gasteiger partial charge in [-0.15, -0.1) is 0 Å². The number of nitro groups is 1. The lowest BCUT2D eigenvalue weighted by Crippen LogP contribution is -2.53. The van der Waals surface area contributed by atoms with Crippen LogP contribution in [0.3, 0.4) is 0 Å². The fourth-order valence-electron chi connectivity index (χ4n) is 17.1. The van der Waals surface area contributed by atoms with Crippen LogP contribution in [0.25, 0.3) is 0 Å². The summed E-state index contributed by atoms with van der Waals surface area (Å²) in [5, 5.41) is 26.8. The van der Waals surface area contributed by atoms with E-state index in [-0.39, 0.29) is 61.2 Å². The van der Waals surface area contributed by atoms with Gasteiger partial charge >= 0.3 is 6.16 Å². The van der Waals surface area contributed by atoms with Crippen LogP contribution in [0.15, 0.2) is 175 Å². The summed E-state index contributed by atoms with van der Waals surface area (Å²) in [6.07, 6.45) is 17.6. The number of carbonyl (C=O) groups excluding carboxylic acids is 5. The lowest BCUT2D eigenvalue weighted by molar-refractivity contribution is -0.384. The van der Waals surface area contributed by atoms with E-state index < -0.39 is 46.4 Å². The van der Waals surface area contributed by atoms with Crippen molar-refractivity contribution in [2.45, 2.75) is 181 Å². The third-order valence-corrected chi connectivity index (χ3v) is 22.5. The highest BCUT2D eigenvalue weighted by Gasteiger charge is 2.59. The summed E-state index contributed by atoms with van der Waals surface area (Å²) >= 11 is 0. The summed E-state index contributed by atoms with van der Waals surface area (Å²) < 4.78 is 22.6. The van der Waals surface area contributed by atoms with Gasteiger partial charge in [0.2, 0.25) is 23.6 Å². The van der Waals surface area contributed by atoms with Crippen LogP contribution in [0.2, 0.25) is 0 Å². The number of nitro benzene ring substituents is 1. The molecule has 10 atom stereocenters. The number of hydrogen-bond acceptors (Lipinski definition) is 12. The van der Waals surface area contributed by atoms with Crippen molar-refractivity contribution in [3.05, 3.63) is 213 Å². The highest BCUT2D eigenvalue weighted by Crippen LogP contribution is 2.67. The molecule has 532 valence electrons. The van der Waals surface area contributed by atoms with Gasteiger partial charge in [-0.3, -0.25) is 34.6 Å². The standard InChI is InChI=1S/C83H104N6O11/c1-57(2)20-18-21-58(3)71-43-44-72-70-42-33-64-55-69(47-49-81(64,4)73(70)48-50-82(71,72)5)98-53-19-51-84-76(90)45-46-77(91)87-75(54-59-22-10-7-11-23-59)79(93)88-74(78(92)86-65-34-29-60(30-35-65)56-99-80(94)100-68-40-36-66(37-41-68)89(95)96)28-16-17-52-85-83(61-24-12-8-13-25-61,62-26-14-9-15-27-62)63-31-38-67(97-6)39-32-63/h7-15,22-27,29-41,57-58,69-75,85H,16-21,28,42-56H2,1-6H3,(H,84,90)(H,86,92)(H,87,91)(H,88,93)/t58-,69+,70+,71-,72+,73+,74+,75+,81+,82-/m1/s1. The summed E-state index contributed by atoms with van der Waals surface area (Å²) in [6, 6.07) is 47.3. The van der Waals surface area contributed by atoms with Crippen LogP contribution in [0.4, 0.5) is 16.2 Å². The Kier molecular flexibility index (Phi) is 26.0. The number of nitrogens with zero attached hydrogens (tertiary/aromatic N) is 1. The number of amides is 4. The molecule has 17 heteroatoms. The van der Waals surface area contributed by atoms with E-state index in [1.807, 2.05) is 78.9 Å². The lowest BCUT2D eigenvalue weighted by Gasteiger charge is -2.58. The molecule has 3 saturated carbocycles. The first-order valence-electron chi connectivity index (χ1n) is 36.6. The van der Waals surface area contributed by atoms with Gasteiger partial charge < -0.3 is 40.2 Å². The van der Waals surface area contributed by atoms with Crippen molar-refractivity contribution in [2.24, 2.45) is 46.3 Å². The number of nitrogens with one attached hydrogen (secondary N) is 5. The van der Waals surface area contributed by atoms with Crippen molar-refractivity contribution >= 4 is 41.2 Å². The maximum atomic E-state index is 14.7. The van der Waals surface area contributed by atoms with Gasteiger partial charge in [-0.2, -0.15) is 0 Å². The Balaban J connectivity index is 0.735. The number of hydrogen-bond donors (Lipinski definition) is 5. The molecule has 100 heavy (non-hydrogen) atoms. The first-order valence-corrected chi connectivity index (χ1v) is 36.6. The molecular weight excluding hydrogens is 1260 g/mol. The molecule has 10 rings (SSSR count). The molecule has 0 bridgehead atoms. The second-order valence-electron chi connectivity index (χ2n) is 29.3. The maximum absolute atomic E-state index is 14.7. The molecular formula is C83H104N6O11. The quantitative estimate of drug-likeness (QED) is 0.00484. The largest absolute Gasteiger partial charge is 0.514 e. The monoisotopic (exact) mass is 1360 g/mol. The first kappa shape index (κ1) is 74.0. The van der Waals surface area contributed by atoms with E-state index in [9.17, 15) is 34.1 Å². The second kappa shape index (κ2) is 35.1. The zero-order valence-corrected chi connectivity index (χ0v) is 59.4. The lowest BCUT2D eigenvalue weighted by atomic mass is 9.47. The summed E-state index contributed by atoms with van der Waals surface area (Å²) in [4.78, 5) is 79.5. The fraction of sp³-hybridized carbons (Fsp3) is 0.482. The molecule has 6 aromatic rings. The van der Waals surface area contributed by atoms with E-state index in [4.69, 9.17) is 18.9 Å². The van der Waals surface area contributed by atoms with E-state index in [1.54, 1.807) is 36.9 Å². The molecule has 4 aliphatic carbocycles. The Labute approximate surface area is 591 Å². The normalized spacial score (nSPS) is 21.7. The second-order valence-corrected chi connectivity index (χ2v) is 29.3. The summed E-state index contributed by atoms with van der Waals surface area (Å²) in [5.41, 5.74) is 6.22. The van der Waals surface area contributed by atoms with Crippen LogP contribution in [-0.2, 0) is 47.2 Å². The Hall–Kier alpha value is -8.67. The highest BCUT2D eigenvalue weighted by atomic mass is 16.7. The molecule has 3 fully saturated rings. The van der Waals surface area contributed by atoms with Crippen LogP contribution in [0.5, 0.6) is 11.5 Å². The van der Waals surface area contributed by atoms with E-state index in [0.717, 1.165) is 76.4 Å². The van der Waals surface area contributed by atoms with Gasteiger partial charge in [0.05, 0.1) is 23.7 Å². The third-order valence-electron chi connectivity index (χ3n) is 22.5. The molecule has 4 aliphatic rings. The molecule has 0 radical (unpaired) electrons. The SMILES string of the molecule is COc1ccc(C(NCCCC[C@H](NC(=O)[C@H](Cc2ccccc2)NC(=O)CCC(=O)NCCCO[C@H]2CC[C@@]3(C)C(=CC[C@H]4[C@@H]5CC[C@H]([C@H](C)CCCC(C)C)[C@@]5(C)CC[C@@H]43)C2)C(=O)Nc2ccc(COC(=O)Oc3ccc([N+](=O)[O-])cc3)cc2)(c2ccccc2)c2ccccc2)cc1.